The second-order valence-electron chi connectivity index (χ2n) is 6.60. The molecule has 4 nitrogen and oxygen atoms in total. The summed E-state index contributed by atoms with van der Waals surface area (Å²) >= 11 is 8.16. The van der Waals surface area contributed by atoms with Gasteiger partial charge in [-0.15, -0.1) is 0 Å². The molecule has 0 aliphatic heterocycles. The van der Waals surface area contributed by atoms with Gasteiger partial charge in [0.1, 0.15) is 12.4 Å². The van der Waals surface area contributed by atoms with Crippen LogP contribution in [0.5, 0.6) is 17.2 Å². The number of rotatable bonds is 9. The van der Waals surface area contributed by atoms with Crippen molar-refractivity contribution in [1.29, 1.82) is 0 Å². The first kappa shape index (κ1) is 23.2. The number of ketones is 1. The van der Waals surface area contributed by atoms with E-state index in [1.54, 1.807) is 43.5 Å². The number of halogens is 2. The molecule has 0 atom stereocenters. The molecule has 0 N–H and O–H groups in total. The van der Waals surface area contributed by atoms with E-state index in [1.165, 1.54) is 0 Å². The second-order valence-corrected chi connectivity index (χ2v) is 8.20. The van der Waals surface area contributed by atoms with Gasteiger partial charge in [0.05, 0.1) is 17.3 Å². The lowest BCUT2D eigenvalue weighted by Gasteiger charge is -2.15. The molecule has 0 aliphatic rings. The highest BCUT2D eigenvalue weighted by Crippen LogP contribution is 2.35. The van der Waals surface area contributed by atoms with E-state index >= 15 is 0 Å². The molecule has 0 fully saturated rings. The van der Waals surface area contributed by atoms with Gasteiger partial charge >= 0.3 is 0 Å². The SMILES string of the molecule is CCOc1cc(/C=C/C(=O)c2ccc(OC)cc2)cc(I)c1OCc1ccc(Cl)cc1. The minimum absolute atomic E-state index is 0.0845. The molecule has 0 aliphatic carbocycles. The summed E-state index contributed by atoms with van der Waals surface area (Å²) in [5.41, 5.74) is 2.46. The van der Waals surface area contributed by atoms with Gasteiger partial charge < -0.3 is 14.2 Å². The van der Waals surface area contributed by atoms with Gasteiger partial charge in [0.25, 0.3) is 0 Å². The molecule has 31 heavy (non-hydrogen) atoms. The van der Waals surface area contributed by atoms with Gasteiger partial charge in [-0.25, -0.2) is 0 Å². The summed E-state index contributed by atoms with van der Waals surface area (Å²) in [4.78, 5) is 12.5. The normalized spacial score (nSPS) is 10.8. The molecular formula is C25H22ClIO4. The Morgan fingerprint density at radius 3 is 2.39 bits per heavy atom. The molecule has 0 unspecified atom stereocenters. The first-order valence-electron chi connectivity index (χ1n) is 9.70. The monoisotopic (exact) mass is 548 g/mol. The van der Waals surface area contributed by atoms with Crippen molar-refractivity contribution in [2.24, 2.45) is 0 Å². The fourth-order valence-corrected chi connectivity index (χ4v) is 3.75. The molecule has 0 amide bonds. The van der Waals surface area contributed by atoms with Crippen molar-refractivity contribution in [3.8, 4) is 17.2 Å². The third-order valence-electron chi connectivity index (χ3n) is 4.43. The standard InChI is InChI=1S/C25H22ClIO4/c1-3-30-24-15-18(6-13-23(28)19-7-11-21(29-2)12-8-19)14-22(27)25(24)31-16-17-4-9-20(26)10-5-17/h4-15H,3,16H2,1-2H3/b13-6+. The van der Waals surface area contributed by atoms with Crippen molar-refractivity contribution >= 4 is 46.1 Å². The second kappa shape index (κ2) is 11.2. The van der Waals surface area contributed by atoms with Crippen LogP contribution < -0.4 is 14.2 Å². The lowest BCUT2D eigenvalue weighted by molar-refractivity contribution is 0.104. The first-order valence-corrected chi connectivity index (χ1v) is 11.2. The number of ether oxygens (including phenoxy) is 3. The largest absolute Gasteiger partial charge is 0.497 e. The maximum atomic E-state index is 12.5. The zero-order valence-corrected chi connectivity index (χ0v) is 20.1. The van der Waals surface area contributed by atoms with Gasteiger partial charge in [0.15, 0.2) is 17.3 Å². The average Bonchev–Trinajstić information content (AvgIpc) is 2.78. The van der Waals surface area contributed by atoms with Gasteiger partial charge in [0.2, 0.25) is 0 Å². The third kappa shape index (κ3) is 6.48. The van der Waals surface area contributed by atoms with Crippen LogP contribution in [0.2, 0.25) is 5.02 Å². The molecule has 0 saturated heterocycles. The van der Waals surface area contributed by atoms with Gasteiger partial charge in [-0.3, -0.25) is 4.79 Å². The number of allylic oxidation sites excluding steroid dienone is 1. The van der Waals surface area contributed by atoms with E-state index in [4.69, 9.17) is 25.8 Å². The predicted octanol–water partition coefficient (Wildman–Crippen LogP) is 6.83. The molecule has 160 valence electrons. The molecule has 0 heterocycles. The maximum Gasteiger partial charge on any atom is 0.185 e. The van der Waals surface area contributed by atoms with Crippen LogP contribution in [-0.2, 0) is 6.61 Å². The summed E-state index contributed by atoms with van der Waals surface area (Å²) in [6.45, 7) is 2.83. The Kier molecular flexibility index (Phi) is 8.37. The number of benzene rings is 3. The Hall–Kier alpha value is -2.51. The van der Waals surface area contributed by atoms with Gasteiger partial charge in [-0.1, -0.05) is 29.8 Å². The van der Waals surface area contributed by atoms with E-state index in [2.05, 4.69) is 22.6 Å². The molecule has 3 aromatic carbocycles. The smallest absolute Gasteiger partial charge is 0.185 e. The molecule has 0 spiro atoms. The summed E-state index contributed by atoms with van der Waals surface area (Å²) in [6, 6.07) is 18.4. The van der Waals surface area contributed by atoms with Crippen molar-refractivity contribution in [2.45, 2.75) is 13.5 Å². The highest BCUT2D eigenvalue weighted by atomic mass is 127. The third-order valence-corrected chi connectivity index (χ3v) is 5.48. The van der Waals surface area contributed by atoms with Crippen LogP contribution in [-0.4, -0.2) is 19.5 Å². The van der Waals surface area contributed by atoms with Crippen molar-refractivity contribution in [3.63, 3.8) is 0 Å². The van der Waals surface area contributed by atoms with E-state index in [0.29, 0.717) is 41.0 Å². The van der Waals surface area contributed by atoms with Crippen LogP contribution in [0.3, 0.4) is 0 Å². The highest BCUT2D eigenvalue weighted by Gasteiger charge is 2.12. The van der Waals surface area contributed by atoms with Crippen LogP contribution >= 0.6 is 34.2 Å². The molecule has 0 saturated carbocycles. The summed E-state index contributed by atoms with van der Waals surface area (Å²) in [7, 11) is 1.59. The Bertz CT molecular complexity index is 1060. The lowest BCUT2D eigenvalue weighted by Crippen LogP contribution is -2.02. The first-order chi connectivity index (χ1) is 15.0. The highest BCUT2D eigenvalue weighted by molar-refractivity contribution is 14.1. The van der Waals surface area contributed by atoms with E-state index in [0.717, 1.165) is 14.7 Å². The Morgan fingerprint density at radius 1 is 1.03 bits per heavy atom. The minimum atomic E-state index is -0.0845. The number of carbonyl (C=O) groups excluding carboxylic acids is 1. The average molecular weight is 549 g/mol. The van der Waals surface area contributed by atoms with Crippen molar-refractivity contribution < 1.29 is 19.0 Å². The summed E-state index contributed by atoms with van der Waals surface area (Å²) in [5.74, 6) is 1.94. The predicted molar refractivity (Wildman–Crippen MR) is 132 cm³/mol. The number of methoxy groups -OCH3 is 1. The molecular weight excluding hydrogens is 527 g/mol. The molecule has 0 radical (unpaired) electrons. The molecule has 3 rings (SSSR count). The van der Waals surface area contributed by atoms with Gasteiger partial charge in [0, 0.05) is 10.6 Å². The molecule has 0 bridgehead atoms. The summed E-state index contributed by atoms with van der Waals surface area (Å²) < 4.78 is 17.9. The van der Waals surface area contributed by atoms with Crippen LogP contribution in [0.15, 0.2) is 66.7 Å². The van der Waals surface area contributed by atoms with E-state index < -0.39 is 0 Å². The topological polar surface area (TPSA) is 44.8 Å². The Morgan fingerprint density at radius 2 is 1.74 bits per heavy atom. The van der Waals surface area contributed by atoms with Crippen LogP contribution in [0, 0.1) is 3.57 Å². The minimum Gasteiger partial charge on any atom is -0.497 e. The number of carbonyl (C=O) groups is 1. The van der Waals surface area contributed by atoms with E-state index in [9.17, 15) is 4.79 Å². The molecule has 6 heteroatoms. The summed E-state index contributed by atoms with van der Waals surface area (Å²) in [6.07, 6.45) is 3.33. The number of hydrogen-bond donors (Lipinski definition) is 0. The quantitative estimate of drug-likeness (QED) is 0.167. The Balaban J connectivity index is 1.77. The number of hydrogen-bond acceptors (Lipinski definition) is 4. The zero-order valence-electron chi connectivity index (χ0n) is 17.2. The van der Waals surface area contributed by atoms with Crippen molar-refractivity contribution in [2.75, 3.05) is 13.7 Å². The van der Waals surface area contributed by atoms with Crippen LogP contribution in [0.25, 0.3) is 6.08 Å². The molecule has 3 aromatic rings. The lowest BCUT2D eigenvalue weighted by atomic mass is 10.1. The maximum absolute atomic E-state index is 12.5. The zero-order chi connectivity index (χ0) is 22.2. The fourth-order valence-electron chi connectivity index (χ4n) is 2.85. The van der Waals surface area contributed by atoms with Crippen molar-refractivity contribution in [1.82, 2.24) is 0 Å². The Labute approximate surface area is 200 Å². The van der Waals surface area contributed by atoms with E-state index in [-0.39, 0.29) is 5.78 Å². The van der Waals surface area contributed by atoms with Crippen LogP contribution in [0.4, 0.5) is 0 Å². The fraction of sp³-hybridized carbons (Fsp3) is 0.160. The van der Waals surface area contributed by atoms with Gasteiger partial charge in [-0.05, 0) is 95.2 Å². The van der Waals surface area contributed by atoms with Crippen molar-refractivity contribution in [3.05, 3.63) is 92.0 Å². The summed E-state index contributed by atoms with van der Waals surface area (Å²) in [5, 5.41) is 0.689. The van der Waals surface area contributed by atoms with E-state index in [1.807, 2.05) is 43.3 Å². The molecule has 0 aromatic heterocycles. The van der Waals surface area contributed by atoms with Gasteiger partial charge in [-0.2, -0.15) is 0 Å². The van der Waals surface area contributed by atoms with Crippen LogP contribution in [0.1, 0.15) is 28.4 Å².